The highest BCUT2D eigenvalue weighted by atomic mass is 16.4. The van der Waals surface area contributed by atoms with Crippen molar-refractivity contribution in [3.8, 4) is 5.75 Å². The zero-order valence-corrected chi connectivity index (χ0v) is 21.3. The number of nitrogens with one attached hydrogen (secondary N) is 3. The highest BCUT2D eigenvalue weighted by Gasteiger charge is 2.32. The molecule has 0 fully saturated rings. The number of nitrogens with two attached hydrogens (primary N) is 1. The maximum atomic E-state index is 13.3. The molecule has 0 saturated heterocycles. The van der Waals surface area contributed by atoms with Crippen molar-refractivity contribution in [3.05, 3.63) is 65.7 Å². The summed E-state index contributed by atoms with van der Waals surface area (Å²) in [5.74, 6) is -3.19. The predicted octanol–water partition coefficient (Wildman–Crippen LogP) is 1.11. The number of carboxylic acids is 1. The van der Waals surface area contributed by atoms with Crippen LogP contribution in [0.2, 0.25) is 0 Å². The molecule has 0 aromatic heterocycles. The molecule has 0 spiro atoms. The SMILES string of the molecule is CCC(C)C(NC(=O)C(C)N)C(=O)NC(Cc1ccccc1)C(=O)NC(Cc1ccc(O)cc1)C(=O)O. The maximum Gasteiger partial charge on any atom is 0.326 e. The largest absolute Gasteiger partial charge is 0.508 e. The van der Waals surface area contributed by atoms with Gasteiger partial charge in [-0.1, -0.05) is 62.7 Å². The van der Waals surface area contributed by atoms with Gasteiger partial charge in [-0.3, -0.25) is 14.4 Å². The van der Waals surface area contributed by atoms with Gasteiger partial charge in [0.1, 0.15) is 23.9 Å². The first-order chi connectivity index (χ1) is 17.5. The van der Waals surface area contributed by atoms with Crippen LogP contribution in [-0.4, -0.2) is 58.1 Å². The van der Waals surface area contributed by atoms with Crippen LogP contribution < -0.4 is 21.7 Å². The van der Waals surface area contributed by atoms with Crippen LogP contribution in [-0.2, 0) is 32.0 Å². The van der Waals surface area contributed by atoms with Crippen LogP contribution in [0, 0.1) is 5.92 Å². The van der Waals surface area contributed by atoms with Gasteiger partial charge in [0.2, 0.25) is 17.7 Å². The molecule has 3 amide bonds. The van der Waals surface area contributed by atoms with Gasteiger partial charge in [-0.05, 0) is 36.1 Å². The fourth-order valence-electron chi connectivity index (χ4n) is 3.65. The highest BCUT2D eigenvalue weighted by molar-refractivity contribution is 5.94. The quantitative estimate of drug-likeness (QED) is 0.233. The fraction of sp³-hybridized carbons (Fsp3) is 0.407. The molecule has 2 aromatic rings. The molecule has 2 aromatic carbocycles. The lowest BCUT2D eigenvalue weighted by Gasteiger charge is -2.27. The Morgan fingerprint density at radius 1 is 0.784 bits per heavy atom. The number of phenols is 1. The lowest BCUT2D eigenvalue weighted by atomic mass is 9.96. The van der Waals surface area contributed by atoms with Gasteiger partial charge < -0.3 is 31.9 Å². The number of carboxylic acid groups (broad SMARTS) is 1. The first-order valence-electron chi connectivity index (χ1n) is 12.2. The van der Waals surface area contributed by atoms with Crippen LogP contribution in [0.3, 0.4) is 0 Å². The molecule has 7 N–H and O–H groups in total. The average molecular weight is 513 g/mol. The zero-order chi connectivity index (χ0) is 27.5. The van der Waals surface area contributed by atoms with E-state index in [9.17, 15) is 29.4 Å². The van der Waals surface area contributed by atoms with Crippen LogP contribution in [0.15, 0.2) is 54.6 Å². The van der Waals surface area contributed by atoms with Crippen molar-refractivity contribution in [1.82, 2.24) is 16.0 Å². The van der Waals surface area contributed by atoms with Crippen molar-refractivity contribution in [2.24, 2.45) is 11.7 Å². The molecule has 0 aliphatic rings. The van der Waals surface area contributed by atoms with E-state index < -0.39 is 47.9 Å². The molecular formula is C27H36N4O6. The molecular weight excluding hydrogens is 476 g/mol. The first kappa shape index (κ1) is 29.3. The Labute approximate surface area is 216 Å². The summed E-state index contributed by atoms with van der Waals surface area (Å²) in [6.45, 7) is 5.18. The van der Waals surface area contributed by atoms with Crippen molar-refractivity contribution in [3.63, 3.8) is 0 Å². The number of carbonyl (C=O) groups excluding carboxylic acids is 3. The van der Waals surface area contributed by atoms with E-state index in [1.54, 1.807) is 43.3 Å². The molecule has 0 bridgehead atoms. The van der Waals surface area contributed by atoms with Gasteiger partial charge in [0, 0.05) is 12.8 Å². The number of aromatic hydroxyl groups is 1. The third kappa shape index (κ3) is 9.23. The number of carbonyl (C=O) groups is 4. The van der Waals surface area contributed by atoms with E-state index >= 15 is 0 Å². The summed E-state index contributed by atoms with van der Waals surface area (Å²) in [6.07, 6.45) is 0.673. The van der Waals surface area contributed by atoms with Crippen LogP contribution in [0.4, 0.5) is 0 Å². The van der Waals surface area contributed by atoms with Gasteiger partial charge in [-0.25, -0.2) is 4.79 Å². The van der Waals surface area contributed by atoms with E-state index in [1.165, 1.54) is 19.1 Å². The Hall–Kier alpha value is -3.92. The minimum absolute atomic E-state index is 0.0205. The molecule has 0 radical (unpaired) electrons. The standard InChI is InChI=1S/C27H36N4O6/c1-4-16(2)23(31-24(33)17(3)28)26(35)29-21(14-18-8-6-5-7-9-18)25(34)30-22(27(36)37)15-19-10-12-20(32)13-11-19/h5-13,16-17,21-23,32H,4,14-15,28H2,1-3H3,(H,29,35)(H,30,34)(H,31,33)(H,36,37). The molecule has 37 heavy (non-hydrogen) atoms. The van der Waals surface area contributed by atoms with Crippen LogP contribution in [0.1, 0.15) is 38.3 Å². The molecule has 5 unspecified atom stereocenters. The van der Waals surface area contributed by atoms with E-state index in [-0.39, 0.29) is 24.5 Å². The second-order valence-corrected chi connectivity index (χ2v) is 9.18. The normalized spacial score (nSPS) is 14.9. The van der Waals surface area contributed by atoms with Crippen molar-refractivity contribution in [2.75, 3.05) is 0 Å². The zero-order valence-electron chi connectivity index (χ0n) is 21.3. The minimum Gasteiger partial charge on any atom is -0.508 e. The van der Waals surface area contributed by atoms with Crippen LogP contribution >= 0.6 is 0 Å². The Bertz CT molecular complexity index is 1060. The van der Waals surface area contributed by atoms with Crippen molar-refractivity contribution < 1.29 is 29.4 Å². The molecule has 10 heteroatoms. The summed E-state index contributed by atoms with van der Waals surface area (Å²) in [7, 11) is 0. The highest BCUT2D eigenvalue weighted by Crippen LogP contribution is 2.13. The molecule has 2 rings (SSSR count). The number of hydrogen-bond acceptors (Lipinski definition) is 6. The smallest absolute Gasteiger partial charge is 0.326 e. The van der Waals surface area contributed by atoms with Crippen LogP contribution in [0.5, 0.6) is 5.75 Å². The van der Waals surface area contributed by atoms with Gasteiger partial charge in [0.25, 0.3) is 0 Å². The first-order valence-corrected chi connectivity index (χ1v) is 12.2. The minimum atomic E-state index is -1.27. The number of hydrogen-bond donors (Lipinski definition) is 6. The maximum absolute atomic E-state index is 13.3. The Kier molecular flexibility index (Phi) is 11.1. The third-order valence-corrected chi connectivity index (χ3v) is 6.11. The van der Waals surface area contributed by atoms with Gasteiger partial charge in [0.15, 0.2) is 0 Å². The second kappa shape index (κ2) is 14.0. The molecule has 200 valence electrons. The fourth-order valence-corrected chi connectivity index (χ4v) is 3.65. The van der Waals surface area contributed by atoms with Crippen LogP contribution in [0.25, 0.3) is 0 Å². The van der Waals surface area contributed by atoms with Gasteiger partial charge in [0.05, 0.1) is 6.04 Å². The number of phenolic OH excluding ortho intramolecular Hbond substituents is 1. The lowest BCUT2D eigenvalue weighted by molar-refractivity contribution is -0.142. The van der Waals surface area contributed by atoms with E-state index in [0.29, 0.717) is 12.0 Å². The topological polar surface area (TPSA) is 171 Å². The Morgan fingerprint density at radius 2 is 1.32 bits per heavy atom. The summed E-state index contributed by atoms with van der Waals surface area (Å²) < 4.78 is 0. The Morgan fingerprint density at radius 3 is 1.86 bits per heavy atom. The van der Waals surface area contributed by atoms with E-state index in [2.05, 4.69) is 16.0 Å². The summed E-state index contributed by atoms with van der Waals surface area (Å²) in [5, 5.41) is 27.1. The van der Waals surface area contributed by atoms with Crippen molar-refractivity contribution in [2.45, 2.75) is 64.2 Å². The number of aliphatic carboxylic acids is 1. The molecule has 10 nitrogen and oxygen atoms in total. The third-order valence-electron chi connectivity index (χ3n) is 6.11. The second-order valence-electron chi connectivity index (χ2n) is 9.18. The predicted molar refractivity (Wildman–Crippen MR) is 138 cm³/mol. The number of rotatable bonds is 13. The monoisotopic (exact) mass is 512 g/mol. The molecule has 0 saturated carbocycles. The van der Waals surface area contributed by atoms with E-state index in [0.717, 1.165) is 5.56 Å². The molecule has 0 aliphatic carbocycles. The average Bonchev–Trinajstić information content (AvgIpc) is 2.87. The lowest BCUT2D eigenvalue weighted by Crippen LogP contribution is -2.59. The van der Waals surface area contributed by atoms with Gasteiger partial charge >= 0.3 is 5.97 Å². The van der Waals surface area contributed by atoms with Crippen molar-refractivity contribution in [1.29, 1.82) is 0 Å². The van der Waals surface area contributed by atoms with E-state index in [4.69, 9.17) is 5.73 Å². The van der Waals surface area contributed by atoms with Crippen molar-refractivity contribution >= 4 is 23.7 Å². The van der Waals surface area contributed by atoms with E-state index in [1.807, 2.05) is 13.0 Å². The van der Waals surface area contributed by atoms with Gasteiger partial charge in [-0.2, -0.15) is 0 Å². The number of amides is 3. The molecule has 0 heterocycles. The Balaban J connectivity index is 2.26. The summed E-state index contributed by atoms with van der Waals surface area (Å²) in [4.78, 5) is 50.7. The number of benzene rings is 2. The molecule has 0 aliphatic heterocycles. The summed E-state index contributed by atoms with van der Waals surface area (Å²) in [6, 6.07) is 10.9. The summed E-state index contributed by atoms with van der Waals surface area (Å²) in [5.41, 5.74) is 7.01. The summed E-state index contributed by atoms with van der Waals surface area (Å²) >= 11 is 0. The molecule has 5 atom stereocenters. The van der Waals surface area contributed by atoms with Gasteiger partial charge in [-0.15, -0.1) is 0 Å².